The molecule has 4 heteroatoms. The number of fused-ring (bicyclic) bond motifs is 1. The van der Waals surface area contributed by atoms with Crippen molar-refractivity contribution in [3.05, 3.63) is 48.2 Å². The monoisotopic (exact) mass is 355 g/mol. The van der Waals surface area contributed by atoms with Crippen LogP contribution in [0.4, 0.5) is 0 Å². The number of hydrogen-bond donors (Lipinski definition) is 1. The second kappa shape index (κ2) is 6.99. The molecule has 2 atom stereocenters. The molecule has 2 fully saturated rings. The van der Waals surface area contributed by atoms with Crippen LogP contribution in [0.1, 0.15) is 37.7 Å². The third-order valence-electron chi connectivity index (χ3n) is 6.02. The van der Waals surface area contributed by atoms with E-state index in [2.05, 4.69) is 36.7 Å². The molecule has 2 aliphatic carbocycles. The summed E-state index contributed by atoms with van der Waals surface area (Å²) in [7, 11) is 2.12. The maximum Gasteiger partial charge on any atom is 0.161 e. The van der Waals surface area contributed by atoms with Gasteiger partial charge in [0.2, 0.25) is 0 Å². The lowest BCUT2D eigenvalue weighted by Gasteiger charge is -2.37. The maximum atomic E-state index is 10.1. The lowest BCUT2D eigenvalue weighted by Crippen LogP contribution is -2.33. The minimum absolute atomic E-state index is 0.0186. The van der Waals surface area contributed by atoms with Crippen LogP contribution in [0, 0.1) is 5.92 Å². The van der Waals surface area contributed by atoms with Gasteiger partial charge in [0.05, 0.1) is 12.7 Å². The number of allylic oxidation sites excluding steroid dienone is 1. The van der Waals surface area contributed by atoms with Gasteiger partial charge in [0.25, 0.3) is 0 Å². The second-order valence-corrected chi connectivity index (χ2v) is 7.93. The van der Waals surface area contributed by atoms with Crippen molar-refractivity contribution in [2.75, 3.05) is 26.8 Å². The third kappa shape index (κ3) is 3.23. The standard InChI is InChI=1S/C22H29NO3/c1-3-12-25-20-13-17(6-7-19(20)26-15-16-4-5-16)22-9-8-18(24)14-21(22)23(2)11-10-22/h3,6-7,13-14,16,18,24H,1,4-5,8-12,15H2,2H3/t18-,22+/m1/s1. The summed E-state index contributed by atoms with van der Waals surface area (Å²) in [6.45, 7) is 6.02. The van der Waals surface area contributed by atoms with Gasteiger partial charge in [0.15, 0.2) is 11.5 Å². The SMILES string of the molecule is C=CCOc1cc([C@@]23CC[C@@H](O)C=C2N(C)CC3)ccc1OCC1CC1. The van der Waals surface area contributed by atoms with E-state index in [1.807, 2.05) is 6.08 Å². The Morgan fingerprint density at radius 3 is 2.85 bits per heavy atom. The zero-order chi connectivity index (χ0) is 18.1. The predicted molar refractivity (Wildman–Crippen MR) is 103 cm³/mol. The zero-order valence-electron chi connectivity index (χ0n) is 15.6. The van der Waals surface area contributed by atoms with Gasteiger partial charge < -0.3 is 19.5 Å². The van der Waals surface area contributed by atoms with Crippen LogP contribution in [0.3, 0.4) is 0 Å². The van der Waals surface area contributed by atoms with Crippen LogP contribution in [0.25, 0.3) is 0 Å². The molecule has 0 aromatic heterocycles. The maximum absolute atomic E-state index is 10.1. The van der Waals surface area contributed by atoms with Gasteiger partial charge in [0.1, 0.15) is 6.61 Å². The first-order valence-electron chi connectivity index (χ1n) is 9.75. The fourth-order valence-corrected chi connectivity index (χ4v) is 4.29. The van der Waals surface area contributed by atoms with E-state index in [1.54, 1.807) is 6.08 Å². The Morgan fingerprint density at radius 1 is 1.23 bits per heavy atom. The first-order chi connectivity index (χ1) is 12.6. The molecule has 4 rings (SSSR count). The molecule has 1 aromatic rings. The molecular formula is C22H29NO3. The van der Waals surface area contributed by atoms with E-state index in [0.29, 0.717) is 12.5 Å². The molecule has 0 unspecified atom stereocenters. The van der Waals surface area contributed by atoms with Gasteiger partial charge in [-0.15, -0.1) is 0 Å². The molecule has 1 aromatic carbocycles. The summed E-state index contributed by atoms with van der Waals surface area (Å²) in [5, 5.41) is 10.1. The van der Waals surface area contributed by atoms with Gasteiger partial charge >= 0.3 is 0 Å². The fraction of sp³-hybridized carbons (Fsp3) is 0.545. The number of benzene rings is 1. The molecule has 1 heterocycles. The molecule has 0 amide bonds. The second-order valence-electron chi connectivity index (χ2n) is 7.93. The highest BCUT2D eigenvalue weighted by molar-refractivity contribution is 5.49. The lowest BCUT2D eigenvalue weighted by atomic mass is 9.70. The van der Waals surface area contributed by atoms with Gasteiger partial charge in [-0.05, 0) is 61.8 Å². The van der Waals surface area contributed by atoms with Crippen molar-refractivity contribution >= 4 is 0 Å². The van der Waals surface area contributed by atoms with Crippen molar-refractivity contribution in [2.24, 2.45) is 5.92 Å². The van der Waals surface area contributed by atoms with Crippen molar-refractivity contribution in [2.45, 2.75) is 43.6 Å². The number of aliphatic hydroxyl groups is 1. The summed E-state index contributed by atoms with van der Waals surface area (Å²) in [5.74, 6) is 2.34. The van der Waals surface area contributed by atoms with Crippen molar-refractivity contribution in [3.63, 3.8) is 0 Å². The Hall–Kier alpha value is -1.94. The highest BCUT2D eigenvalue weighted by atomic mass is 16.5. The highest BCUT2D eigenvalue weighted by Gasteiger charge is 2.45. The van der Waals surface area contributed by atoms with E-state index in [1.165, 1.54) is 24.1 Å². The minimum Gasteiger partial charge on any atom is -0.489 e. The van der Waals surface area contributed by atoms with Crippen LogP contribution in [-0.4, -0.2) is 42.9 Å². The summed E-state index contributed by atoms with van der Waals surface area (Å²) in [6, 6.07) is 6.40. The van der Waals surface area contributed by atoms with Crippen LogP contribution in [-0.2, 0) is 5.41 Å². The summed E-state index contributed by atoms with van der Waals surface area (Å²) in [5.41, 5.74) is 2.49. The number of likely N-dealkylation sites (N-methyl/N-ethyl adjacent to an activating group) is 1. The molecule has 1 aliphatic heterocycles. The first kappa shape index (κ1) is 17.5. The molecule has 3 aliphatic rings. The van der Waals surface area contributed by atoms with E-state index < -0.39 is 0 Å². The van der Waals surface area contributed by atoms with Gasteiger partial charge in [-0.25, -0.2) is 0 Å². The van der Waals surface area contributed by atoms with E-state index in [0.717, 1.165) is 43.9 Å². The van der Waals surface area contributed by atoms with Crippen molar-refractivity contribution in [1.29, 1.82) is 0 Å². The predicted octanol–water partition coefficient (Wildman–Crippen LogP) is 3.65. The van der Waals surface area contributed by atoms with E-state index in [-0.39, 0.29) is 11.5 Å². The van der Waals surface area contributed by atoms with Gasteiger partial charge in [-0.2, -0.15) is 0 Å². The average Bonchev–Trinajstić information content (AvgIpc) is 3.43. The quantitative estimate of drug-likeness (QED) is 0.758. The highest BCUT2D eigenvalue weighted by Crippen LogP contribution is 2.50. The fourth-order valence-electron chi connectivity index (χ4n) is 4.29. The van der Waals surface area contributed by atoms with Gasteiger partial charge in [0, 0.05) is 24.7 Å². The van der Waals surface area contributed by atoms with Crippen molar-refractivity contribution in [1.82, 2.24) is 4.90 Å². The summed E-state index contributed by atoms with van der Waals surface area (Å²) < 4.78 is 12.0. The lowest BCUT2D eigenvalue weighted by molar-refractivity contribution is 0.181. The Kier molecular flexibility index (Phi) is 4.70. The number of likely N-dealkylation sites (tertiary alicyclic amines) is 1. The molecule has 4 nitrogen and oxygen atoms in total. The summed E-state index contributed by atoms with van der Waals surface area (Å²) in [4.78, 5) is 2.28. The summed E-state index contributed by atoms with van der Waals surface area (Å²) >= 11 is 0. The van der Waals surface area contributed by atoms with Crippen LogP contribution in [0.2, 0.25) is 0 Å². The molecule has 1 saturated carbocycles. The van der Waals surface area contributed by atoms with Crippen molar-refractivity contribution in [3.8, 4) is 11.5 Å². The Bertz CT molecular complexity index is 709. The number of hydrogen-bond acceptors (Lipinski definition) is 4. The molecule has 0 spiro atoms. The van der Waals surface area contributed by atoms with E-state index >= 15 is 0 Å². The molecule has 0 bridgehead atoms. The molecule has 1 N–H and O–H groups in total. The van der Waals surface area contributed by atoms with Crippen LogP contribution < -0.4 is 9.47 Å². The molecular weight excluding hydrogens is 326 g/mol. The number of nitrogens with zero attached hydrogens (tertiary/aromatic N) is 1. The Balaban J connectivity index is 1.66. The first-order valence-corrected chi connectivity index (χ1v) is 9.75. The number of rotatable bonds is 7. The number of ether oxygens (including phenoxy) is 2. The topological polar surface area (TPSA) is 41.9 Å². The van der Waals surface area contributed by atoms with Crippen molar-refractivity contribution < 1.29 is 14.6 Å². The Morgan fingerprint density at radius 2 is 2.08 bits per heavy atom. The number of aliphatic hydroxyl groups excluding tert-OH is 1. The van der Waals surface area contributed by atoms with E-state index in [4.69, 9.17) is 9.47 Å². The summed E-state index contributed by atoms with van der Waals surface area (Å²) in [6.07, 6.45) is 8.86. The smallest absolute Gasteiger partial charge is 0.161 e. The van der Waals surface area contributed by atoms with Crippen LogP contribution in [0.5, 0.6) is 11.5 Å². The molecule has 26 heavy (non-hydrogen) atoms. The minimum atomic E-state index is -0.337. The largest absolute Gasteiger partial charge is 0.489 e. The molecule has 0 radical (unpaired) electrons. The van der Waals surface area contributed by atoms with E-state index in [9.17, 15) is 5.11 Å². The van der Waals surface area contributed by atoms with Crippen LogP contribution >= 0.6 is 0 Å². The average molecular weight is 355 g/mol. The molecule has 1 saturated heterocycles. The zero-order valence-corrected chi connectivity index (χ0v) is 15.6. The Labute approximate surface area is 156 Å². The third-order valence-corrected chi connectivity index (χ3v) is 6.02. The molecule has 140 valence electrons. The normalized spacial score (nSPS) is 27.7. The van der Waals surface area contributed by atoms with Gasteiger partial charge in [-0.1, -0.05) is 18.7 Å². The van der Waals surface area contributed by atoms with Crippen LogP contribution in [0.15, 0.2) is 42.6 Å². The van der Waals surface area contributed by atoms with Gasteiger partial charge in [-0.3, -0.25) is 0 Å².